The van der Waals surface area contributed by atoms with Crippen molar-refractivity contribution in [1.29, 1.82) is 0 Å². The fourth-order valence-corrected chi connectivity index (χ4v) is 3.15. The molecule has 0 aliphatic heterocycles. The minimum Gasteiger partial charge on any atom is -0.507 e. The second-order valence-corrected chi connectivity index (χ2v) is 7.75. The van der Waals surface area contributed by atoms with Crippen LogP contribution in [0, 0.1) is 0 Å². The molecular weight excluding hydrogens is 530 g/mol. The number of hydrogen-bond acceptors (Lipinski definition) is 10. The summed E-state index contributed by atoms with van der Waals surface area (Å²) in [5, 5.41) is 18.2. The maximum Gasteiger partial charge on any atom is 0.408 e. The Bertz CT molecular complexity index is 1200. The number of aromatic nitrogens is 2. The van der Waals surface area contributed by atoms with Gasteiger partial charge in [0.25, 0.3) is 5.91 Å². The Kier molecular flexibility index (Phi) is 12.8. The SMILES string of the molecule is CCOC(=O)C(CNC(=O)c1ccc(OCCNc2ncccn2)cc1O)NC(=O)OCc1ccccc1.Cl. The van der Waals surface area contributed by atoms with Gasteiger partial charge in [0.2, 0.25) is 5.95 Å². The van der Waals surface area contributed by atoms with Crippen LogP contribution in [0.2, 0.25) is 0 Å². The van der Waals surface area contributed by atoms with Crippen molar-refractivity contribution in [2.24, 2.45) is 0 Å². The fourth-order valence-electron chi connectivity index (χ4n) is 3.15. The number of rotatable bonds is 13. The van der Waals surface area contributed by atoms with E-state index in [0.717, 1.165) is 5.56 Å². The molecule has 0 aliphatic carbocycles. The van der Waals surface area contributed by atoms with Crippen LogP contribution < -0.4 is 20.7 Å². The number of alkyl carbamates (subject to hydrolysis) is 1. The molecule has 1 atom stereocenters. The predicted octanol–water partition coefficient (Wildman–Crippen LogP) is 2.68. The molecule has 0 radical (unpaired) electrons. The first-order valence-corrected chi connectivity index (χ1v) is 11.8. The molecule has 0 spiro atoms. The van der Waals surface area contributed by atoms with Gasteiger partial charge in [-0.1, -0.05) is 30.3 Å². The summed E-state index contributed by atoms with van der Waals surface area (Å²) in [6.07, 6.45) is 2.38. The summed E-state index contributed by atoms with van der Waals surface area (Å²) in [6.45, 7) is 2.10. The molecule has 1 heterocycles. The smallest absolute Gasteiger partial charge is 0.408 e. The van der Waals surface area contributed by atoms with Crippen LogP contribution in [0.25, 0.3) is 0 Å². The molecule has 12 nitrogen and oxygen atoms in total. The molecule has 3 rings (SSSR count). The minimum atomic E-state index is -1.20. The summed E-state index contributed by atoms with van der Waals surface area (Å²) in [5.74, 6) is -0.909. The second kappa shape index (κ2) is 16.3. The van der Waals surface area contributed by atoms with Crippen LogP contribution in [0.15, 0.2) is 67.0 Å². The van der Waals surface area contributed by atoms with Gasteiger partial charge < -0.3 is 35.3 Å². The number of halogens is 1. The van der Waals surface area contributed by atoms with Crippen LogP contribution in [0.4, 0.5) is 10.7 Å². The first-order valence-electron chi connectivity index (χ1n) is 11.8. The number of anilines is 1. The van der Waals surface area contributed by atoms with Gasteiger partial charge in [-0.2, -0.15) is 0 Å². The monoisotopic (exact) mass is 559 g/mol. The van der Waals surface area contributed by atoms with E-state index < -0.39 is 24.0 Å². The fraction of sp³-hybridized carbons (Fsp3) is 0.269. The number of ether oxygens (including phenoxy) is 3. The summed E-state index contributed by atoms with van der Waals surface area (Å²) in [5.41, 5.74) is 0.732. The molecule has 0 saturated carbocycles. The van der Waals surface area contributed by atoms with Crippen molar-refractivity contribution in [3.05, 3.63) is 78.1 Å². The highest BCUT2D eigenvalue weighted by atomic mass is 35.5. The number of phenols is 1. The van der Waals surface area contributed by atoms with E-state index in [0.29, 0.717) is 18.2 Å². The van der Waals surface area contributed by atoms with Gasteiger partial charge in [-0.3, -0.25) is 4.79 Å². The van der Waals surface area contributed by atoms with Crippen molar-refractivity contribution < 1.29 is 33.7 Å². The van der Waals surface area contributed by atoms with Crippen molar-refractivity contribution in [3.8, 4) is 11.5 Å². The molecule has 3 aromatic rings. The quantitative estimate of drug-likeness (QED) is 0.181. The summed E-state index contributed by atoms with van der Waals surface area (Å²) < 4.78 is 15.7. The lowest BCUT2D eigenvalue weighted by molar-refractivity contribution is -0.145. The highest BCUT2D eigenvalue weighted by Gasteiger charge is 2.24. The number of carbonyl (C=O) groups excluding carboxylic acids is 3. The number of esters is 1. The normalized spacial score (nSPS) is 10.8. The van der Waals surface area contributed by atoms with E-state index in [1.54, 1.807) is 49.6 Å². The van der Waals surface area contributed by atoms with Crippen molar-refractivity contribution in [3.63, 3.8) is 0 Å². The van der Waals surface area contributed by atoms with Gasteiger partial charge in [0.1, 0.15) is 30.8 Å². The highest BCUT2D eigenvalue weighted by Crippen LogP contribution is 2.23. The number of phenolic OH excluding ortho intramolecular Hbond substituents is 1. The number of nitrogens with one attached hydrogen (secondary N) is 3. The number of carbonyl (C=O) groups is 3. The highest BCUT2D eigenvalue weighted by molar-refractivity contribution is 5.97. The molecule has 0 saturated heterocycles. The Balaban J connectivity index is 0.00000533. The predicted molar refractivity (Wildman–Crippen MR) is 144 cm³/mol. The summed E-state index contributed by atoms with van der Waals surface area (Å²) in [6, 6.07) is 13.7. The van der Waals surface area contributed by atoms with Gasteiger partial charge in [-0.15, -0.1) is 12.4 Å². The average molecular weight is 560 g/mol. The third-order valence-corrected chi connectivity index (χ3v) is 4.98. The van der Waals surface area contributed by atoms with Crippen LogP contribution in [-0.4, -0.2) is 65.4 Å². The number of aromatic hydroxyl groups is 1. The second-order valence-electron chi connectivity index (χ2n) is 7.75. The van der Waals surface area contributed by atoms with Gasteiger partial charge in [-0.05, 0) is 30.7 Å². The third-order valence-electron chi connectivity index (χ3n) is 4.98. The minimum absolute atomic E-state index is 0. The van der Waals surface area contributed by atoms with E-state index in [1.807, 2.05) is 6.07 Å². The molecule has 0 fully saturated rings. The van der Waals surface area contributed by atoms with Crippen molar-refractivity contribution >= 4 is 36.3 Å². The Hall–Kier alpha value is -4.58. The van der Waals surface area contributed by atoms with E-state index in [1.165, 1.54) is 18.2 Å². The van der Waals surface area contributed by atoms with E-state index >= 15 is 0 Å². The van der Waals surface area contributed by atoms with Crippen LogP contribution in [0.1, 0.15) is 22.8 Å². The number of hydrogen-bond donors (Lipinski definition) is 4. The molecule has 0 aliphatic rings. The van der Waals surface area contributed by atoms with Gasteiger partial charge in [0.05, 0.1) is 18.7 Å². The molecule has 1 aromatic heterocycles. The molecule has 208 valence electrons. The lowest BCUT2D eigenvalue weighted by atomic mass is 10.1. The van der Waals surface area contributed by atoms with Crippen LogP contribution >= 0.6 is 12.4 Å². The lowest BCUT2D eigenvalue weighted by Crippen LogP contribution is -2.49. The molecule has 39 heavy (non-hydrogen) atoms. The molecule has 0 bridgehead atoms. The van der Waals surface area contributed by atoms with Gasteiger partial charge in [0.15, 0.2) is 0 Å². The first kappa shape index (κ1) is 30.6. The number of amides is 2. The molecule has 2 aromatic carbocycles. The van der Waals surface area contributed by atoms with Crippen LogP contribution in [0.3, 0.4) is 0 Å². The first-order chi connectivity index (χ1) is 18.5. The van der Waals surface area contributed by atoms with Crippen molar-refractivity contribution in [2.45, 2.75) is 19.6 Å². The molecule has 2 amide bonds. The molecule has 13 heteroatoms. The Labute approximate surface area is 231 Å². The summed E-state index contributed by atoms with van der Waals surface area (Å²) in [4.78, 5) is 45.2. The maximum absolute atomic E-state index is 12.6. The Morgan fingerprint density at radius 3 is 2.44 bits per heavy atom. The zero-order valence-corrected chi connectivity index (χ0v) is 22.0. The maximum atomic E-state index is 12.6. The van der Waals surface area contributed by atoms with E-state index in [9.17, 15) is 19.5 Å². The van der Waals surface area contributed by atoms with Crippen LogP contribution in [0.5, 0.6) is 11.5 Å². The van der Waals surface area contributed by atoms with Gasteiger partial charge >= 0.3 is 12.1 Å². The summed E-state index contributed by atoms with van der Waals surface area (Å²) in [7, 11) is 0. The third kappa shape index (κ3) is 10.4. The van der Waals surface area contributed by atoms with Crippen molar-refractivity contribution in [2.75, 3.05) is 31.6 Å². The largest absolute Gasteiger partial charge is 0.507 e. The van der Waals surface area contributed by atoms with E-state index in [4.69, 9.17) is 14.2 Å². The number of nitrogens with zero attached hydrogens (tertiary/aromatic N) is 2. The average Bonchev–Trinajstić information content (AvgIpc) is 2.93. The standard InChI is InChI=1S/C26H29N5O7.ClH/c1-2-36-24(34)21(31-26(35)38-17-18-7-4-3-5-8-18)16-30-23(33)20-10-9-19(15-22(20)32)37-14-13-29-25-27-11-6-12-28-25;/h3-12,15,21,32H,2,13-14,16-17H2,1H3,(H,30,33)(H,31,35)(H,27,28,29);1H. The lowest BCUT2D eigenvalue weighted by Gasteiger charge is -2.18. The van der Waals surface area contributed by atoms with Gasteiger partial charge in [-0.25, -0.2) is 19.6 Å². The number of benzene rings is 2. The van der Waals surface area contributed by atoms with Crippen LogP contribution in [-0.2, 0) is 20.9 Å². The molecule has 1 unspecified atom stereocenters. The Morgan fingerprint density at radius 1 is 1.00 bits per heavy atom. The zero-order chi connectivity index (χ0) is 27.2. The topological polar surface area (TPSA) is 161 Å². The van der Waals surface area contributed by atoms with E-state index in [2.05, 4.69) is 25.9 Å². The molecular formula is C26H30ClN5O7. The molecule has 4 N–H and O–H groups in total. The van der Waals surface area contributed by atoms with Gasteiger partial charge in [0, 0.05) is 25.0 Å². The Morgan fingerprint density at radius 2 is 1.74 bits per heavy atom. The van der Waals surface area contributed by atoms with E-state index in [-0.39, 0.29) is 50.1 Å². The zero-order valence-electron chi connectivity index (χ0n) is 21.2. The van der Waals surface area contributed by atoms with Crippen molar-refractivity contribution in [1.82, 2.24) is 20.6 Å². The summed E-state index contributed by atoms with van der Waals surface area (Å²) >= 11 is 0.